The molecule has 1 N–H and O–H groups in total. The average molecular weight is 210 g/mol. The number of aryl methyl sites for hydroxylation is 1. The fourth-order valence-electron chi connectivity index (χ4n) is 1.39. The third kappa shape index (κ3) is 1.54. The van der Waals surface area contributed by atoms with Crippen molar-refractivity contribution >= 4 is 33.2 Å². The zero-order valence-corrected chi connectivity index (χ0v) is 9.13. The second-order valence-electron chi connectivity index (χ2n) is 2.94. The number of hydrogen-bond acceptors (Lipinski definition) is 3. The Labute approximate surface area is 85.4 Å². The van der Waals surface area contributed by atoms with Crippen molar-refractivity contribution in [1.29, 1.82) is 0 Å². The first-order valence-corrected chi connectivity index (χ1v) is 6.02. The Kier molecular flexibility index (Phi) is 2.22. The Bertz CT molecular complexity index is 445. The van der Waals surface area contributed by atoms with Crippen molar-refractivity contribution < 1.29 is 5.11 Å². The van der Waals surface area contributed by atoms with Gasteiger partial charge in [-0.2, -0.15) is 0 Å². The molecule has 1 heterocycles. The number of hydrogen-bond donors (Lipinski definition) is 1. The van der Waals surface area contributed by atoms with Gasteiger partial charge in [-0.05, 0) is 42.3 Å². The fraction of sp³-hybridized carbons (Fsp3) is 0.200. The van der Waals surface area contributed by atoms with Crippen LogP contribution in [0.3, 0.4) is 0 Å². The van der Waals surface area contributed by atoms with Crippen LogP contribution in [0.2, 0.25) is 0 Å². The molecule has 0 saturated carbocycles. The summed E-state index contributed by atoms with van der Waals surface area (Å²) in [4.78, 5) is 1.26. The highest BCUT2D eigenvalue weighted by atomic mass is 32.2. The molecule has 0 radical (unpaired) electrons. The van der Waals surface area contributed by atoms with E-state index < -0.39 is 0 Å². The molecule has 0 aliphatic rings. The van der Waals surface area contributed by atoms with E-state index in [2.05, 4.69) is 25.3 Å². The van der Waals surface area contributed by atoms with Gasteiger partial charge in [0.25, 0.3) is 0 Å². The number of thioether (sulfide) groups is 1. The quantitative estimate of drug-likeness (QED) is 0.725. The third-order valence-corrected chi connectivity index (χ3v) is 3.63. The molecular formula is C10H10OS2. The highest BCUT2D eigenvalue weighted by Crippen LogP contribution is 2.35. The van der Waals surface area contributed by atoms with Crippen LogP contribution in [0.15, 0.2) is 23.1 Å². The van der Waals surface area contributed by atoms with Gasteiger partial charge in [0.1, 0.15) is 0 Å². The van der Waals surface area contributed by atoms with Crippen LogP contribution in [0.5, 0.6) is 5.06 Å². The predicted octanol–water partition coefficient (Wildman–Crippen LogP) is 3.64. The summed E-state index contributed by atoms with van der Waals surface area (Å²) >= 11 is 3.17. The molecule has 13 heavy (non-hydrogen) atoms. The van der Waals surface area contributed by atoms with Gasteiger partial charge in [-0.15, -0.1) is 11.8 Å². The van der Waals surface area contributed by atoms with Crippen LogP contribution in [0, 0.1) is 6.92 Å². The van der Waals surface area contributed by atoms with Crippen LogP contribution in [-0.2, 0) is 0 Å². The topological polar surface area (TPSA) is 20.2 Å². The smallest absolute Gasteiger partial charge is 0.172 e. The first-order chi connectivity index (χ1) is 6.20. The number of rotatable bonds is 1. The monoisotopic (exact) mass is 210 g/mol. The van der Waals surface area contributed by atoms with Crippen molar-refractivity contribution in [2.24, 2.45) is 0 Å². The predicted molar refractivity (Wildman–Crippen MR) is 60.0 cm³/mol. The second-order valence-corrected chi connectivity index (χ2v) is 4.88. The number of benzene rings is 1. The van der Waals surface area contributed by atoms with Gasteiger partial charge in [-0.25, -0.2) is 0 Å². The number of fused-ring (bicyclic) bond motifs is 1. The molecule has 0 aliphatic heterocycles. The minimum atomic E-state index is 0.399. The van der Waals surface area contributed by atoms with Gasteiger partial charge in [-0.1, -0.05) is 11.3 Å². The molecule has 0 unspecified atom stereocenters. The van der Waals surface area contributed by atoms with E-state index in [9.17, 15) is 5.11 Å². The minimum Gasteiger partial charge on any atom is -0.499 e. The standard InChI is InChI=1S/C10H10OS2/c1-6-3-7(12-2)4-9-8(6)5-10(11)13-9/h3-5,11H,1-2H3. The second kappa shape index (κ2) is 3.24. The van der Waals surface area contributed by atoms with E-state index in [0.29, 0.717) is 5.06 Å². The van der Waals surface area contributed by atoms with Gasteiger partial charge < -0.3 is 5.11 Å². The molecule has 3 heteroatoms. The molecule has 1 aromatic carbocycles. The van der Waals surface area contributed by atoms with Crippen LogP contribution < -0.4 is 0 Å². The lowest BCUT2D eigenvalue weighted by Gasteiger charge is -1.99. The summed E-state index contributed by atoms with van der Waals surface area (Å²) in [5.74, 6) is 0. The lowest BCUT2D eigenvalue weighted by Crippen LogP contribution is -1.75. The molecule has 2 aromatic rings. The summed E-state index contributed by atoms with van der Waals surface area (Å²) in [6.45, 7) is 2.08. The van der Waals surface area contributed by atoms with Crippen LogP contribution in [0.4, 0.5) is 0 Å². The zero-order chi connectivity index (χ0) is 9.42. The van der Waals surface area contributed by atoms with Gasteiger partial charge in [0.15, 0.2) is 5.06 Å². The molecule has 1 nitrogen and oxygen atoms in total. The summed E-state index contributed by atoms with van der Waals surface area (Å²) in [5.41, 5.74) is 1.23. The van der Waals surface area contributed by atoms with Crippen molar-refractivity contribution in [1.82, 2.24) is 0 Å². The molecule has 0 aliphatic carbocycles. The van der Waals surface area contributed by atoms with Crippen LogP contribution in [0.1, 0.15) is 5.56 Å². The van der Waals surface area contributed by atoms with Crippen molar-refractivity contribution in [3.63, 3.8) is 0 Å². The van der Waals surface area contributed by atoms with Crippen molar-refractivity contribution in [2.45, 2.75) is 11.8 Å². The maximum Gasteiger partial charge on any atom is 0.172 e. The summed E-state index contributed by atoms with van der Waals surface area (Å²) in [7, 11) is 0. The zero-order valence-electron chi connectivity index (χ0n) is 7.50. The van der Waals surface area contributed by atoms with Gasteiger partial charge in [0, 0.05) is 9.60 Å². The molecule has 0 spiro atoms. The summed E-state index contributed by atoms with van der Waals surface area (Å²) < 4.78 is 1.17. The SMILES string of the molecule is CSc1cc(C)c2cc(O)sc2c1. The van der Waals surface area contributed by atoms with E-state index in [4.69, 9.17) is 0 Å². The van der Waals surface area contributed by atoms with Gasteiger partial charge in [-0.3, -0.25) is 0 Å². The van der Waals surface area contributed by atoms with Crippen LogP contribution in [0.25, 0.3) is 10.1 Å². The average Bonchev–Trinajstić information content (AvgIpc) is 2.46. The molecule has 68 valence electrons. The molecule has 0 atom stereocenters. The molecular weight excluding hydrogens is 200 g/mol. The van der Waals surface area contributed by atoms with E-state index in [1.54, 1.807) is 11.8 Å². The largest absolute Gasteiger partial charge is 0.499 e. The first kappa shape index (κ1) is 8.91. The highest BCUT2D eigenvalue weighted by Gasteiger charge is 2.04. The number of thiophene rings is 1. The lowest BCUT2D eigenvalue weighted by atomic mass is 10.1. The van der Waals surface area contributed by atoms with Gasteiger partial charge in [0.05, 0.1) is 0 Å². The Balaban J connectivity index is 2.75. The molecule has 0 saturated heterocycles. The summed E-state index contributed by atoms with van der Waals surface area (Å²) in [6.07, 6.45) is 2.06. The van der Waals surface area contributed by atoms with Crippen LogP contribution in [-0.4, -0.2) is 11.4 Å². The van der Waals surface area contributed by atoms with Crippen LogP contribution >= 0.6 is 23.1 Å². The maximum absolute atomic E-state index is 9.36. The molecule has 0 amide bonds. The van der Waals surface area contributed by atoms with Crippen molar-refractivity contribution in [2.75, 3.05) is 6.26 Å². The third-order valence-electron chi connectivity index (χ3n) is 2.04. The summed E-state index contributed by atoms with van der Waals surface area (Å²) in [6, 6.07) is 6.11. The van der Waals surface area contributed by atoms with E-state index >= 15 is 0 Å². The van der Waals surface area contributed by atoms with E-state index in [-0.39, 0.29) is 0 Å². The van der Waals surface area contributed by atoms with Crippen molar-refractivity contribution in [3.8, 4) is 5.06 Å². The normalized spacial score (nSPS) is 10.9. The molecule has 1 aromatic heterocycles. The number of aromatic hydroxyl groups is 1. The fourth-order valence-corrected chi connectivity index (χ4v) is 2.91. The van der Waals surface area contributed by atoms with E-state index in [1.165, 1.54) is 31.9 Å². The molecule has 0 bridgehead atoms. The van der Waals surface area contributed by atoms with Gasteiger partial charge >= 0.3 is 0 Å². The minimum absolute atomic E-state index is 0.399. The maximum atomic E-state index is 9.36. The lowest BCUT2D eigenvalue weighted by molar-refractivity contribution is 0.491. The van der Waals surface area contributed by atoms with Crippen molar-refractivity contribution in [3.05, 3.63) is 23.8 Å². The first-order valence-electron chi connectivity index (χ1n) is 3.98. The Hall–Kier alpha value is -0.670. The van der Waals surface area contributed by atoms with E-state index in [0.717, 1.165) is 0 Å². The summed E-state index contributed by atoms with van der Waals surface area (Å²) in [5, 5.41) is 10.9. The molecule has 0 fully saturated rings. The van der Waals surface area contributed by atoms with E-state index in [1.807, 2.05) is 6.07 Å². The molecule has 2 rings (SSSR count). The Morgan fingerprint density at radius 1 is 1.31 bits per heavy atom. The Morgan fingerprint density at radius 3 is 2.77 bits per heavy atom. The highest BCUT2D eigenvalue weighted by molar-refractivity contribution is 7.98. The Morgan fingerprint density at radius 2 is 2.08 bits per heavy atom. The van der Waals surface area contributed by atoms with Gasteiger partial charge in [0.2, 0.25) is 0 Å².